The molecule has 3 aromatic heterocycles. The van der Waals surface area contributed by atoms with Crippen molar-refractivity contribution in [1.82, 2.24) is 23.5 Å². The summed E-state index contributed by atoms with van der Waals surface area (Å²) in [5.41, 5.74) is 7.18. The van der Waals surface area contributed by atoms with E-state index < -0.39 is 22.0 Å². The largest absolute Gasteiger partial charge is 0.493 e. The molecule has 0 aliphatic carbocycles. The standard InChI is InChI=1S/C30H32N8O6S/c1-42-23-14-20(15-24(43-2)26(23)44-3)36-16-25(32-18-36)33-28-21-11-13-38(45(40,41)17-19-8-5-4-6-9-19)29(21)35-30(34-28)37-12-7-10-22(37)27(31)39/h4-6,8-9,11,13-16,18,22H,7,10,12,17H2,1-3H3,(H2,31,39)(H,33,34,35)/t22-/m1/s1. The second-order valence-corrected chi connectivity index (χ2v) is 12.2. The molecule has 14 nitrogen and oxygen atoms in total. The molecule has 0 bridgehead atoms. The van der Waals surface area contributed by atoms with Gasteiger partial charge in [-0.3, -0.25) is 4.79 Å². The summed E-state index contributed by atoms with van der Waals surface area (Å²) in [4.78, 5) is 27.8. The van der Waals surface area contributed by atoms with Crippen molar-refractivity contribution >= 4 is 44.5 Å². The molecular formula is C30H32N8O6S. The molecule has 1 atom stereocenters. The topological polar surface area (TPSA) is 169 Å². The van der Waals surface area contributed by atoms with E-state index >= 15 is 0 Å². The van der Waals surface area contributed by atoms with E-state index in [1.165, 1.54) is 27.5 Å². The lowest BCUT2D eigenvalue weighted by molar-refractivity contribution is -0.119. The van der Waals surface area contributed by atoms with Gasteiger partial charge >= 0.3 is 0 Å². The van der Waals surface area contributed by atoms with Crippen LogP contribution < -0.4 is 30.2 Å². The SMILES string of the molecule is COc1cc(-n2cnc(Nc3nc(N4CCC[C@@H]4C(N)=O)nc4c3ccn4S(=O)(=O)Cc3ccccc3)c2)cc(OC)c1OC. The Hall–Kier alpha value is -5.31. The number of primary amides is 1. The van der Waals surface area contributed by atoms with E-state index in [9.17, 15) is 13.2 Å². The molecule has 0 radical (unpaired) electrons. The molecule has 0 saturated carbocycles. The van der Waals surface area contributed by atoms with Crippen LogP contribution >= 0.6 is 0 Å². The minimum absolute atomic E-state index is 0.164. The number of nitrogens with two attached hydrogens (primary N) is 1. The summed E-state index contributed by atoms with van der Waals surface area (Å²) >= 11 is 0. The molecule has 2 aromatic carbocycles. The molecule has 6 rings (SSSR count). The van der Waals surface area contributed by atoms with Crippen molar-refractivity contribution in [2.75, 3.05) is 38.1 Å². The highest BCUT2D eigenvalue weighted by Crippen LogP contribution is 2.39. The summed E-state index contributed by atoms with van der Waals surface area (Å²) in [6, 6.07) is 13.5. The fourth-order valence-corrected chi connectivity index (χ4v) is 6.85. The number of carbonyl (C=O) groups is 1. The Morgan fingerprint density at radius 2 is 1.78 bits per heavy atom. The Kier molecular flexibility index (Phi) is 7.93. The number of benzene rings is 2. The third-order valence-corrected chi connectivity index (χ3v) is 9.20. The van der Waals surface area contributed by atoms with E-state index in [4.69, 9.17) is 24.9 Å². The molecule has 1 amide bonds. The number of hydrogen-bond donors (Lipinski definition) is 2. The van der Waals surface area contributed by atoms with Gasteiger partial charge < -0.3 is 34.7 Å². The summed E-state index contributed by atoms with van der Waals surface area (Å²) in [7, 11) is 0.733. The number of aromatic nitrogens is 5. The van der Waals surface area contributed by atoms with E-state index in [0.717, 1.165) is 3.97 Å². The normalized spacial score (nSPS) is 14.9. The predicted octanol–water partition coefficient (Wildman–Crippen LogP) is 3.22. The lowest BCUT2D eigenvalue weighted by Crippen LogP contribution is -2.41. The number of hydrogen-bond acceptors (Lipinski definition) is 11. The van der Waals surface area contributed by atoms with Gasteiger partial charge in [0.25, 0.3) is 0 Å². The molecule has 1 saturated heterocycles. The Morgan fingerprint density at radius 1 is 1.04 bits per heavy atom. The highest BCUT2D eigenvalue weighted by molar-refractivity contribution is 7.89. The molecule has 5 aromatic rings. The number of fused-ring (bicyclic) bond motifs is 1. The van der Waals surface area contributed by atoms with Crippen molar-refractivity contribution in [2.45, 2.75) is 24.6 Å². The van der Waals surface area contributed by atoms with Gasteiger partial charge in [0.15, 0.2) is 17.1 Å². The van der Waals surface area contributed by atoms with Crippen LogP contribution in [0, 0.1) is 0 Å². The first-order valence-electron chi connectivity index (χ1n) is 14.1. The maximum atomic E-state index is 13.6. The first kappa shape index (κ1) is 29.7. The average molecular weight is 633 g/mol. The average Bonchev–Trinajstić information content (AvgIpc) is 3.81. The Morgan fingerprint density at radius 3 is 2.44 bits per heavy atom. The second kappa shape index (κ2) is 12.0. The molecule has 15 heteroatoms. The molecule has 1 aliphatic heterocycles. The van der Waals surface area contributed by atoms with Gasteiger partial charge in [0.2, 0.25) is 27.6 Å². The number of nitrogens with zero attached hydrogens (tertiary/aromatic N) is 6. The number of nitrogens with one attached hydrogen (secondary N) is 1. The number of anilines is 3. The van der Waals surface area contributed by atoms with Crippen molar-refractivity contribution in [2.24, 2.45) is 5.73 Å². The van der Waals surface area contributed by atoms with Crippen LogP contribution in [0.2, 0.25) is 0 Å². The summed E-state index contributed by atoms with van der Waals surface area (Å²) < 4.78 is 46.5. The van der Waals surface area contributed by atoms with Crippen LogP contribution in [0.1, 0.15) is 18.4 Å². The van der Waals surface area contributed by atoms with Crippen LogP contribution in [0.3, 0.4) is 0 Å². The summed E-state index contributed by atoms with van der Waals surface area (Å²) in [6.07, 6.45) is 6.05. The Bertz CT molecular complexity index is 1950. The fraction of sp³-hybridized carbons (Fsp3) is 0.267. The molecular weight excluding hydrogens is 600 g/mol. The zero-order chi connectivity index (χ0) is 31.7. The van der Waals surface area contributed by atoms with Gasteiger partial charge in [-0.1, -0.05) is 30.3 Å². The van der Waals surface area contributed by atoms with Crippen molar-refractivity contribution in [3.8, 4) is 22.9 Å². The first-order chi connectivity index (χ1) is 21.7. The van der Waals surface area contributed by atoms with Gasteiger partial charge in [0.1, 0.15) is 24.0 Å². The van der Waals surface area contributed by atoms with Crippen LogP contribution in [0.5, 0.6) is 17.2 Å². The van der Waals surface area contributed by atoms with Gasteiger partial charge in [-0.25, -0.2) is 17.4 Å². The Balaban J connectivity index is 1.42. The van der Waals surface area contributed by atoms with Crippen LogP contribution in [0.25, 0.3) is 16.7 Å². The van der Waals surface area contributed by atoms with E-state index in [1.807, 2.05) is 6.07 Å². The molecule has 3 N–H and O–H groups in total. The van der Waals surface area contributed by atoms with Crippen LogP contribution in [-0.2, 0) is 20.6 Å². The highest BCUT2D eigenvalue weighted by Gasteiger charge is 2.32. The molecule has 1 aliphatic rings. The quantitative estimate of drug-likeness (QED) is 0.219. The maximum absolute atomic E-state index is 13.6. The lowest BCUT2D eigenvalue weighted by Gasteiger charge is -2.23. The van der Waals surface area contributed by atoms with Crippen molar-refractivity contribution < 1.29 is 27.4 Å². The number of rotatable bonds is 11. The summed E-state index contributed by atoms with van der Waals surface area (Å²) in [6.45, 7) is 0.492. The number of imidazole rings is 1. The van der Waals surface area contributed by atoms with Gasteiger partial charge in [-0.15, -0.1) is 0 Å². The monoisotopic (exact) mass is 632 g/mol. The van der Waals surface area contributed by atoms with Gasteiger partial charge in [0, 0.05) is 24.9 Å². The zero-order valence-electron chi connectivity index (χ0n) is 24.9. The van der Waals surface area contributed by atoms with E-state index in [1.54, 1.807) is 64.5 Å². The van der Waals surface area contributed by atoms with Crippen LogP contribution in [0.15, 0.2) is 67.3 Å². The predicted molar refractivity (Wildman–Crippen MR) is 168 cm³/mol. The molecule has 0 spiro atoms. The molecule has 1 fully saturated rings. The molecule has 45 heavy (non-hydrogen) atoms. The number of ether oxygens (including phenoxy) is 3. The molecule has 4 heterocycles. The maximum Gasteiger partial charge on any atom is 0.244 e. The lowest BCUT2D eigenvalue weighted by atomic mass is 10.2. The van der Waals surface area contributed by atoms with Crippen molar-refractivity contribution in [1.29, 1.82) is 0 Å². The van der Waals surface area contributed by atoms with Gasteiger partial charge in [-0.05, 0) is 24.5 Å². The van der Waals surface area contributed by atoms with E-state index in [-0.39, 0.29) is 17.3 Å². The number of carbonyl (C=O) groups excluding carboxylic acids is 1. The minimum atomic E-state index is -3.87. The van der Waals surface area contributed by atoms with Crippen molar-refractivity contribution in [3.05, 3.63) is 72.8 Å². The van der Waals surface area contributed by atoms with Crippen LogP contribution in [0.4, 0.5) is 17.6 Å². The first-order valence-corrected chi connectivity index (χ1v) is 15.7. The fourth-order valence-electron chi connectivity index (χ4n) is 5.45. The zero-order valence-corrected chi connectivity index (χ0v) is 25.7. The number of amides is 1. The number of methoxy groups -OCH3 is 3. The summed E-state index contributed by atoms with van der Waals surface area (Å²) in [5, 5.41) is 3.67. The highest BCUT2D eigenvalue weighted by atomic mass is 32.2. The molecule has 234 valence electrons. The van der Waals surface area contributed by atoms with E-state index in [2.05, 4.69) is 15.3 Å². The second-order valence-electron chi connectivity index (χ2n) is 10.4. The Labute approximate surface area is 259 Å². The smallest absolute Gasteiger partial charge is 0.244 e. The third-order valence-electron chi connectivity index (χ3n) is 7.61. The van der Waals surface area contributed by atoms with Gasteiger partial charge in [-0.2, -0.15) is 9.97 Å². The summed E-state index contributed by atoms with van der Waals surface area (Å²) in [5.74, 6) is 1.60. The van der Waals surface area contributed by atoms with Gasteiger partial charge in [0.05, 0.1) is 44.4 Å². The van der Waals surface area contributed by atoms with Crippen molar-refractivity contribution in [3.63, 3.8) is 0 Å². The minimum Gasteiger partial charge on any atom is -0.493 e. The van der Waals surface area contributed by atoms with E-state index in [0.29, 0.717) is 64.9 Å². The van der Waals surface area contributed by atoms with Crippen LogP contribution in [-0.4, -0.2) is 71.7 Å². The molecule has 0 unspecified atom stereocenters. The third kappa shape index (κ3) is 5.69.